The molecular weight excluding hydrogens is 634 g/mol. The van der Waals surface area contributed by atoms with Gasteiger partial charge in [0.15, 0.2) is 0 Å². The van der Waals surface area contributed by atoms with Crippen molar-refractivity contribution < 1.29 is 38.0 Å². The topological polar surface area (TPSA) is 102 Å². The Balaban J connectivity index is 1.000. The standard InChI is InChI=1S/C41H63NO8/c1-2-3-4-5-6-7-8-9-10-11-12-13-14-23-40(43)49-33-32-48-31-30-47-29-28-46-27-26-45-25-24-42-41(44)50-34-39-37-21-17-15-19-35(37)36-20-16-18-22-38(36)39/h15-22,39H,2-14,23-34H2,1H3,(H,42,44). The van der Waals surface area contributed by atoms with E-state index in [0.717, 1.165) is 12.8 Å². The lowest BCUT2D eigenvalue weighted by Crippen LogP contribution is -2.29. The van der Waals surface area contributed by atoms with E-state index >= 15 is 0 Å². The van der Waals surface area contributed by atoms with Crippen LogP contribution in [0.1, 0.15) is 114 Å². The van der Waals surface area contributed by atoms with E-state index in [4.69, 9.17) is 28.4 Å². The Morgan fingerprint density at radius 3 is 1.50 bits per heavy atom. The summed E-state index contributed by atoms with van der Waals surface area (Å²) in [6.07, 6.45) is 16.8. The molecule has 1 aliphatic carbocycles. The van der Waals surface area contributed by atoms with Gasteiger partial charge in [0.25, 0.3) is 0 Å². The molecule has 280 valence electrons. The summed E-state index contributed by atoms with van der Waals surface area (Å²) in [4.78, 5) is 24.1. The maximum atomic E-state index is 12.2. The van der Waals surface area contributed by atoms with Crippen molar-refractivity contribution in [1.29, 1.82) is 0 Å². The number of unbranched alkanes of at least 4 members (excludes halogenated alkanes) is 12. The van der Waals surface area contributed by atoms with E-state index < -0.39 is 6.09 Å². The number of esters is 1. The van der Waals surface area contributed by atoms with Gasteiger partial charge in [0.2, 0.25) is 0 Å². The Morgan fingerprint density at radius 1 is 0.540 bits per heavy atom. The molecule has 0 spiro atoms. The van der Waals surface area contributed by atoms with E-state index in [1.807, 2.05) is 24.3 Å². The summed E-state index contributed by atoms with van der Waals surface area (Å²) in [6, 6.07) is 16.5. The lowest BCUT2D eigenvalue weighted by Gasteiger charge is -2.14. The number of fused-ring (bicyclic) bond motifs is 3. The first-order chi connectivity index (χ1) is 24.7. The fraction of sp³-hybridized carbons (Fsp3) is 0.659. The van der Waals surface area contributed by atoms with Gasteiger partial charge in [0.05, 0.1) is 52.9 Å². The molecule has 0 saturated carbocycles. The summed E-state index contributed by atoms with van der Waals surface area (Å²) in [5.74, 6) is -0.0982. The van der Waals surface area contributed by atoms with Crippen LogP contribution in [0.2, 0.25) is 0 Å². The van der Waals surface area contributed by atoms with Gasteiger partial charge in [-0.15, -0.1) is 0 Å². The molecule has 1 N–H and O–H groups in total. The van der Waals surface area contributed by atoms with Gasteiger partial charge in [-0.1, -0.05) is 133 Å². The highest BCUT2D eigenvalue weighted by Crippen LogP contribution is 2.44. The molecular formula is C41H63NO8. The second-order valence-electron chi connectivity index (χ2n) is 12.9. The van der Waals surface area contributed by atoms with Gasteiger partial charge in [-0.05, 0) is 28.7 Å². The highest BCUT2D eigenvalue weighted by molar-refractivity contribution is 5.79. The van der Waals surface area contributed by atoms with E-state index in [1.54, 1.807) is 0 Å². The van der Waals surface area contributed by atoms with Crippen molar-refractivity contribution in [1.82, 2.24) is 5.32 Å². The van der Waals surface area contributed by atoms with Crippen molar-refractivity contribution >= 4 is 12.1 Å². The molecule has 1 amide bonds. The monoisotopic (exact) mass is 697 g/mol. The van der Waals surface area contributed by atoms with E-state index in [2.05, 4.69) is 36.5 Å². The Kier molecular flexibility index (Phi) is 23.0. The number of nitrogens with one attached hydrogen (secondary N) is 1. The van der Waals surface area contributed by atoms with Gasteiger partial charge in [0, 0.05) is 18.9 Å². The summed E-state index contributed by atoms with van der Waals surface area (Å²) in [7, 11) is 0. The average molecular weight is 698 g/mol. The van der Waals surface area contributed by atoms with Crippen molar-refractivity contribution in [2.75, 3.05) is 72.6 Å². The van der Waals surface area contributed by atoms with Crippen LogP contribution < -0.4 is 5.32 Å². The number of carbonyl (C=O) groups is 2. The number of alkyl carbamates (subject to hydrolysis) is 1. The summed E-state index contributed by atoms with van der Waals surface area (Å²) in [6.45, 7) is 6.61. The number of hydrogen-bond acceptors (Lipinski definition) is 8. The maximum Gasteiger partial charge on any atom is 0.407 e. The van der Waals surface area contributed by atoms with Crippen LogP contribution >= 0.6 is 0 Å². The third-order valence-electron chi connectivity index (χ3n) is 8.95. The molecule has 1 aliphatic rings. The van der Waals surface area contributed by atoms with Gasteiger partial charge in [-0.25, -0.2) is 4.79 Å². The van der Waals surface area contributed by atoms with Crippen molar-refractivity contribution in [3.8, 4) is 11.1 Å². The molecule has 0 fully saturated rings. The molecule has 0 bridgehead atoms. The lowest BCUT2D eigenvalue weighted by atomic mass is 9.98. The average Bonchev–Trinajstić information content (AvgIpc) is 3.46. The van der Waals surface area contributed by atoms with Crippen LogP contribution in [0.3, 0.4) is 0 Å². The van der Waals surface area contributed by atoms with Crippen LogP contribution in [0.5, 0.6) is 0 Å². The molecule has 3 rings (SSSR count). The minimum atomic E-state index is -0.450. The van der Waals surface area contributed by atoms with Gasteiger partial charge in [-0.2, -0.15) is 0 Å². The van der Waals surface area contributed by atoms with Crippen LogP contribution in [0, 0.1) is 0 Å². The molecule has 2 aromatic rings. The minimum absolute atomic E-state index is 0.0398. The third-order valence-corrected chi connectivity index (χ3v) is 8.95. The predicted molar refractivity (Wildman–Crippen MR) is 198 cm³/mol. The number of hydrogen-bond donors (Lipinski definition) is 1. The van der Waals surface area contributed by atoms with Gasteiger partial charge in [0.1, 0.15) is 13.2 Å². The summed E-state index contributed by atoms with van der Waals surface area (Å²) >= 11 is 0. The molecule has 0 saturated heterocycles. The second-order valence-corrected chi connectivity index (χ2v) is 12.9. The minimum Gasteiger partial charge on any atom is -0.463 e. The fourth-order valence-electron chi connectivity index (χ4n) is 6.21. The summed E-state index contributed by atoms with van der Waals surface area (Å²) in [5, 5.41) is 2.74. The Morgan fingerprint density at radius 2 is 0.980 bits per heavy atom. The van der Waals surface area contributed by atoms with Crippen LogP contribution in [0.15, 0.2) is 48.5 Å². The molecule has 0 unspecified atom stereocenters. The van der Waals surface area contributed by atoms with Crippen molar-refractivity contribution in [2.24, 2.45) is 0 Å². The fourth-order valence-corrected chi connectivity index (χ4v) is 6.21. The van der Waals surface area contributed by atoms with E-state index in [9.17, 15) is 9.59 Å². The van der Waals surface area contributed by atoms with Crippen LogP contribution in [-0.4, -0.2) is 84.7 Å². The first-order valence-electron chi connectivity index (χ1n) is 19.3. The predicted octanol–water partition coefficient (Wildman–Crippen LogP) is 8.62. The van der Waals surface area contributed by atoms with E-state index in [1.165, 1.54) is 92.9 Å². The number of amides is 1. The Labute approximate surface area is 301 Å². The molecule has 0 aromatic heterocycles. The number of carbonyl (C=O) groups excluding carboxylic acids is 2. The van der Waals surface area contributed by atoms with Crippen molar-refractivity contribution in [2.45, 2.75) is 103 Å². The molecule has 0 atom stereocenters. The Hall–Kier alpha value is -2.98. The van der Waals surface area contributed by atoms with Gasteiger partial charge in [-0.3, -0.25) is 4.79 Å². The molecule has 0 heterocycles. The zero-order chi connectivity index (χ0) is 35.3. The molecule has 0 aliphatic heterocycles. The first-order valence-corrected chi connectivity index (χ1v) is 19.3. The molecule has 0 radical (unpaired) electrons. The normalized spacial score (nSPS) is 12.1. The van der Waals surface area contributed by atoms with Crippen LogP contribution in [-0.2, 0) is 33.2 Å². The van der Waals surface area contributed by atoms with E-state index in [-0.39, 0.29) is 25.1 Å². The van der Waals surface area contributed by atoms with Gasteiger partial charge < -0.3 is 33.7 Å². The first kappa shape index (κ1) is 41.4. The highest BCUT2D eigenvalue weighted by atomic mass is 16.6. The third kappa shape index (κ3) is 17.8. The molecule has 50 heavy (non-hydrogen) atoms. The van der Waals surface area contributed by atoms with Crippen molar-refractivity contribution in [3.63, 3.8) is 0 Å². The van der Waals surface area contributed by atoms with Crippen LogP contribution in [0.25, 0.3) is 11.1 Å². The van der Waals surface area contributed by atoms with E-state index in [0.29, 0.717) is 65.8 Å². The molecule has 2 aromatic carbocycles. The van der Waals surface area contributed by atoms with Gasteiger partial charge >= 0.3 is 12.1 Å². The number of ether oxygens (including phenoxy) is 6. The summed E-state index contributed by atoms with van der Waals surface area (Å²) < 4.78 is 32.8. The zero-order valence-corrected chi connectivity index (χ0v) is 30.6. The second kappa shape index (κ2) is 27.7. The molecule has 9 heteroatoms. The largest absolute Gasteiger partial charge is 0.463 e. The number of rotatable bonds is 31. The quantitative estimate of drug-likeness (QED) is 0.0618. The number of benzene rings is 2. The van der Waals surface area contributed by atoms with Crippen LogP contribution in [0.4, 0.5) is 4.79 Å². The maximum absolute atomic E-state index is 12.2. The SMILES string of the molecule is CCCCCCCCCCCCCCCC(=O)OCCOCCOCCOCCOCCNC(=O)OCC1c2ccccc2-c2ccccc21. The smallest absolute Gasteiger partial charge is 0.407 e. The van der Waals surface area contributed by atoms with Crippen molar-refractivity contribution in [3.05, 3.63) is 59.7 Å². The lowest BCUT2D eigenvalue weighted by molar-refractivity contribution is -0.145. The zero-order valence-electron chi connectivity index (χ0n) is 30.6. The molecule has 9 nitrogen and oxygen atoms in total. The highest BCUT2D eigenvalue weighted by Gasteiger charge is 2.28. The summed E-state index contributed by atoms with van der Waals surface area (Å²) in [5.41, 5.74) is 4.78. The Bertz CT molecular complexity index is 1130.